The summed E-state index contributed by atoms with van der Waals surface area (Å²) in [6.07, 6.45) is 2.05. The topological polar surface area (TPSA) is 74.6 Å². The lowest BCUT2D eigenvalue weighted by molar-refractivity contribution is -0.129. The molecule has 5 heteroatoms. The Balaban J connectivity index is 2.35. The van der Waals surface area contributed by atoms with E-state index in [1.54, 1.807) is 13.1 Å². The molecule has 0 aliphatic heterocycles. The van der Waals surface area contributed by atoms with E-state index >= 15 is 0 Å². The minimum atomic E-state index is -1.02. The largest absolute Gasteiger partial charge is 0.477 e. The number of nitrogens with one attached hydrogen (secondary N) is 1. The van der Waals surface area contributed by atoms with Gasteiger partial charge in [-0.25, -0.2) is 4.79 Å². The molecule has 2 aromatic rings. The average Bonchev–Trinajstić information content (AvgIpc) is 2.39. The quantitative estimate of drug-likeness (QED) is 0.639. The van der Waals surface area contributed by atoms with Crippen LogP contribution in [-0.4, -0.2) is 21.8 Å². The van der Waals surface area contributed by atoms with Crippen molar-refractivity contribution in [2.24, 2.45) is 5.10 Å². The first kappa shape index (κ1) is 12.0. The molecule has 1 aromatic heterocycles. The fraction of sp³-hybridized carbons (Fsp3) is 0.154. The Bertz CT molecular complexity index is 603. The summed E-state index contributed by atoms with van der Waals surface area (Å²) in [6, 6.07) is 9.41. The van der Waals surface area contributed by atoms with E-state index in [9.17, 15) is 4.79 Å². The predicted octanol–water partition coefficient (Wildman–Crippen LogP) is 2.50. The van der Waals surface area contributed by atoms with Gasteiger partial charge >= 0.3 is 5.97 Å². The van der Waals surface area contributed by atoms with Crippen molar-refractivity contribution in [1.29, 1.82) is 0 Å². The molecule has 0 saturated carbocycles. The highest BCUT2D eigenvalue weighted by atomic mass is 16.4. The Kier molecular flexibility index (Phi) is 3.52. The molecule has 1 heterocycles. The Morgan fingerprint density at radius 2 is 2.17 bits per heavy atom. The summed E-state index contributed by atoms with van der Waals surface area (Å²) >= 11 is 0. The van der Waals surface area contributed by atoms with Gasteiger partial charge in [0, 0.05) is 11.6 Å². The number of pyridine rings is 1. The van der Waals surface area contributed by atoms with Crippen LogP contribution < -0.4 is 5.43 Å². The van der Waals surface area contributed by atoms with Gasteiger partial charge in [-0.1, -0.05) is 25.1 Å². The smallest absolute Gasteiger partial charge is 0.352 e. The molecule has 2 N–H and O–H groups in total. The predicted molar refractivity (Wildman–Crippen MR) is 70.7 cm³/mol. The molecule has 18 heavy (non-hydrogen) atoms. The van der Waals surface area contributed by atoms with Gasteiger partial charge in [0.2, 0.25) is 0 Å². The molecule has 0 saturated heterocycles. The van der Waals surface area contributed by atoms with Gasteiger partial charge in [0.05, 0.1) is 11.2 Å². The highest BCUT2D eigenvalue weighted by Gasteiger charge is 2.06. The van der Waals surface area contributed by atoms with Crippen LogP contribution >= 0.6 is 0 Å². The second kappa shape index (κ2) is 5.27. The molecular formula is C13H13N3O2. The van der Waals surface area contributed by atoms with Crippen molar-refractivity contribution in [3.63, 3.8) is 0 Å². The van der Waals surface area contributed by atoms with Gasteiger partial charge < -0.3 is 5.11 Å². The minimum Gasteiger partial charge on any atom is -0.477 e. The molecule has 0 radical (unpaired) electrons. The number of para-hydroxylation sites is 1. The van der Waals surface area contributed by atoms with E-state index in [4.69, 9.17) is 5.11 Å². The van der Waals surface area contributed by atoms with E-state index in [0.29, 0.717) is 12.1 Å². The molecule has 0 amide bonds. The van der Waals surface area contributed by atoms with E-state index in [1.807, 2.05) is 30.3 Å². The standard InChI is InChI=1S/C13H13N3O2/c1-2-10(13(17)18)15-16-11-7-3-5-9-6-4-8-14-12(9)11/h3-8,16H,2H2,1H3,(H,17,18)/b15-10+. The van der Waals surface area contributed by atoms with Crippen LogP contribution in [0.1, 0.15) is 13.3 Å². The van der Waals surface area contributed by atoms with Gasteiger partial charge in [-0.2, -0.15) is 5.10 Å². The molecule has 0 fully saturated rings. The molecule has 0 atom stereocenters. The van der Waals surface area contributed by atoms with Crippen LogP contribution in [0.15, 0.2) is 41.6 Å². The average molecular weight is 243 g/mol. The third kappa shape index (κ3) is 2.45. The number of hydrazone groups is 1. The van der Waals surface area contributed by atoms with E-state index in [-0.39, 0.29) is 5.71 Å². The Morgan fingerprint density at radius 3 is 2.89 bits per heavy atom. The van der Waals surface area contributed by atoms with Crippen molar-refractivity contribution in [1.82, 2.24) is 4.98 Å². The zero-order chi connectivity index (χ0) is 13.0. The maximum absolute atomic E-state index is 10.8. The molecule has 0 bridgehead atoms. The minimum absolute atomic E-state index is 0.0861. The van der Waals surface area contributed by atoms with Crippen LogP contribution in [0.3, 0.4) is 0 Å². The molecule has 92 valence electrons. The summed E-state index contributed by atoms with van der Waals surface area (Å²) in [5.41, 5.74) is 4.31. The Hall–Kier alpha value is -2.43. The van der Waals surface area contributed by atoms with Crippen LogP contribution in [0.5, 0.6) is 0 Å². The summed E-state index contributed by atoms with van der Waals surface area (Å²) in [7, 11) is 0. The van der Waals surface area contributed by atoms with E-state index in [1.165, 1.54) is 0 Å². The molecule has 1 aromatic carbocycles. The number of aromatic nitrogens is 1. The van der Waals surface area contributed by atoms with Gasteiger partial charge in [0.15, 0.2) is 0 Å². The Morgan fingerprint density at radius 1 is 1.39 bits per heavy atom. The number of hydrogen-bond donors (Lipinski definition) is 2. The lowest BCUT2D eigenvalue weighted by Gasteiger charge is -2.05. The summed E-state index contributed by atoms with van der Waals surface area (Å²) < 4.78 is 0. The van der Waals surface area contributed by atoms with E-state index < -0.39 is 5.97 Å². The second-order valence-electron chi connectivity index (χ2n) is 3.71. The first-order chi connectivity index (χ1) is 8.72. The van der Waals surface area contributed by atoms with Gasteiger partial charge in [0.1, 0.15) is 5.71 Å². The van der Waals surface area contributed by atoms with Crippen molar-refractivity contribution in [3.8, 4) is 0 Å². The van der Waals surface area contributed by atoms with Gasteiger partial charge in [-0.15, -0.1) is 0 Å². The first-order valence-electron chi connectivity index (χ1n) is 5.62. The fourth-order valence-electron chi connectivity index (χ4n) is 1.60. The van der Waals surface area contributed by atoms with E-state index in [2.05, 4.69) is 15.5 Å². The van der Waals surface area contributed by atoms with Gasteiger partial charge in [-0.05, 0) is 18.6 Å². The third-order valence-electron chi connectivity index (χ3n) is 2.53. The molecule has 0 spiro atoms. The zero-order valence-corrected chi connectivity index (χ0v) is 9.92. The number of benzene rings is 1. The summed E-state index contributed by atoms with van der Waals surface area (Å²) in [5.74, 6) is -1.02. The van der Waals surface area contributed by atoms with Crippen molar-refractivity contribution >= 4 is 28.3 Å². The SMILES string of the molecule is CC/C(=N\Nc1cccc2cccnc12)C(=O)O. The number of anilines is 1. The molecule has 2 rings (SSSR count). The van der Waals surface area contributed by atoms with Crippen molar-refractivity contribution in [2.45, 2.75) is 13.3 Å². The highest BCUT2D eigenvalue weighted by molar-refractivity contribution is 6.35. The number of hydrogen-bond acceptors (Lipinski definition) is 4. The normalized spacial score (nSPS) is 11.5. The maximum atomic E-state index is 10.8. The van der Waals surface area contributed by atoms with Crippen molar-refractivity contribution in [3.05, 3.63) is 36.5 Å². The van der Waals surface area contributed by atoms with Crippen LogP contribution in [-0.2, 0) is 4.79 Å². The molecule has 0 aliphatic carbocycles. The number of nitrogens with zero attached hydrogens (tertiary/aromatic N) is 2. The number of carboxylic acids is 1. The second-order valence-corrected chi connectivity index (χ2v) is 3.71. The van der Waals surface area contributed by atoms with E-state index in [0.717, 1.165) is 10.9 Å². The number of rotatable bonds is 4. The zero-order valence-electron chi connectivity index (χ0n) is 9.92. The lowest BCUT2D eigenvalue weighted by atomic mass is 10.2. The number of aliphatic carboxylic acids is 1. The third-order valence-corrected chi connectivity index (χ3v) is 2.53. The van der Waals surface area contributed by atoms with Crippen LogP contribution in [0.25, 0.3) is 10.9 Å². The first-order valence-corrected chi connectivity index (χ1v) is 5.62. The summed E-state index contributed by atoms with van der Waals surface area (Å²) in [5, 5.41) is 13.7. The molecule has 5 nitrogen and oxygen atoms in total. The molecular weight excluding hydrogens is 230 g/mol. The van der Waals surface area contributed by atoms with Crippen molar-refractivity contribution < 1.29 is 9.90 Å². The Labute approximate surface area is 104 Å². The number of carbonyl (C=O) groups is 1. The number of carboxylic acid groups (broad SMARTS) is 1. The van der Waals surface area contributed by atoms with Crippen LogP contribution in [0.2, 0.25) is 0 Å². The summed E-state index contributed by atoms with van der Waals surface area (Å²) in [4.78, 5) is 15.1. The fourth-order valence-corrected chi connectivity index (χ4v) is 1.60. The number of fused-ring (bicyclic) bond motifs is 1. The monoisotopic (exact) mass is 243 g/mol. The van der Waals surface area contributed by atoms with Gasteiger partial charge in [-0.3, -0.25) is 10.4 Å². The maximum Gasteiger partial charge on any atom is 0.352 e. The molecule has 0 unspecified atom stereocenters. The van der Waals surface area contributed by atoms with Crippen LogP contribution in [0.4, 0.5) is 5.69 Å². The lowest BCUT2D eigenvalue weighted by Crippen LogP contribution is -2.13. The summed E-state index contributed by atoms with van der Waals surface area (Å²) in [6.45, 7) is 1.75. The molecule has 0 aliphatic rings. The highest BCUT2D eigenvalue weighted by Crippen LogP contribution is 2.20. The van der Waals surface area contributed by atoms with Crippen molar-refractivity contribution in [2.75, 3.05) is 5.43 Å². The van der Waals surface area contributed by atoms with Crippen LogP contribution in [0, 0.1) is 0 Å². The van der Waals surface area contributed by atoms with Gasteiger partial charge in [0.25, 0.3) is 0 Å².